The minimum Gasteiger partial charge on any atom is -0.489 e. The number of hydrogen-bond acceptors (Lipinski definition) is 3. The van der Waals surface area contributed by atoms with E-state index in [1.807, 2.05) is 25.1 Å². The molecule has 1 aliphatic heterocycles. The Hall–Kier alpha value is -2.66. The molecule has 1 heterocycles. The fourth-order valence-corrected chi connectivity index (χ4v) is 6.56. The number of carbonyl (C=O) groups is 1. The van der Waals surface area contributed by atoms with Gasteiger partial charge in [-0.3, -0.25) is 4.79 Å². The van der Waals surface area contributed by atoms with Crippen molar-refractivity contribution in [3.05, 3.63) is 77.6 Å². The lowest BCUT2D eigenvalue weighted by Crippen LogP contribution is -2.57. The van der Waals surface area contributed by atoms with Gasteiger partial charge in [0.1, 0.15) is 12.4 Å². The molecule has 36 heavy (non-hydrogen) atoms. The van der Waals surface area contributed by atoms with Crippen molar-refractivity contribution in [2.75, 3.05) is 19.8 Å². The topological polar surface area (TPSA) is 47.6 Å². The van der Waals surface area contributed by atoms with Crippen LogP contribution < -0.4 is 10.1 Å². The maximum absolute atomic E-state index is 13.9. The first kappa shape index (κ1) is 25.0. The first-order valence-electron chi connectivity index (χ1n) is 13.5. The number of nitrogens with one attached hydrogen (secondary N) is 1. The number of fused-ring (bicyclic) bond motifs is 3. The van der Waals surface area contributed by atoms with Crippen LogP contribution in [0.2, 0.25) is 0 Å². The summed E-state index contributed by atoms with van der Waals surface area (Å²) in [6.07, 6.45) is 8.82. The molecule has 2 aromatic carbocycles. The smallest absolute Gasteiger partial charge is 0.226 e. The molecular formula is C31H38FNO3. The van der Waals surface area contributed by atoms with E-state index in [2.05, 4.69) is 41.7 Å². The molecule has 192 valence electrons. The minimum absolute atomic E-state index is 0.143. The standard InChI is InChI=1S/C31H38FNO3/c1-2-24(22-32)23-36-27-10-8-25(9-11-27)29-12-15-30(16-13-29,17-14-29)28(34)33-31(18-20-35-21-19-31)26-6-4-3-5-7-26/h3-11,22H,2,12-21,23H2,1H3,(H,33,34)/b24-22+. The molecule has 4 aliphatic rings. The van der Waals surface area contributed by atoms with E-state index < -0.39 is 0 Å². The van der Waals surface area contributed by atoms with Crippen molar-refractivity contribution in [1.29, 1.82) is 0 Å². The van der Waals surface area contributed by atoms with E-state index in [1.54, 1.807) is 0 Å². The second-order valence-electron chi connectivity index (χ2n) is 11.0. The van der Waals surface area contributed by atoms with E-state index in [4.69, 9.17) is 9.47 Å². The zero-order valence-corrected chi connectivity index (χ0v) is 21.4. The predicted molar refractivity (Wildman–Crippen MR) is 140 cm³/mol. The van der Waals surface area contributed by atoms with Gasteiger partial charge < -0.3 is 14.8 Å². The van der Waals surface area contributed by atoms with Gasteiger partial charge in [0.05, 0.1) is 11.9 Å². The van der Waals surface area contributed by atoms with Crippen molar-refractivity contribution in [2.24, 2.45) is 5.41 Å². The predicted octanol–water partition coefficient (Wildman–Crippen LogP) is 6.74. The lowest BCUT2D eigenvalue weighted by Gasteiger charge is -2.54. The summed E-state index contributed by atoms with van der Waals surface area (Å²) < 4.78 is 24.2. The van der Waals surface area contributed by atoms with Gasteiger partial charge >= 0.3 is 0 Å². The molecule has 0 unspecified atom stereocenters. The van der Waals surface area contributed by atoms with E-state index in [-0.39, 0.29) is 28.9 Å². The molecule has 0 spiro atoms. The molecule has 6 rings (SSSR count). The molecule has 3 saturated carbocycles. The molecule has 4 fully saturated rings. The Bertz CT molecular complexity index is 1050. The van der Waals surface area contributed by atoms with Crippen molar-refractivity contribution in [1.82, 2.24) is 5.32 Å². The second-order valence-corrected chi connectivity index (χ2v) is 11.0. The van der Waals surface area contributed by atoms with Crippen LogP contribution in [0.3, 0.4) is 0 Å². The fraction of sp³-hybridized carbons (Fsp3) is 0.516. The Labute approximate surface area is 214 Å². The maximum Gasteiger partial charge on any atom is 0.226 e. The average Bonchev–Trinajstić information content (AvgIpc) is 2.96. The number of carbonyl (C=O) groups excluding carboxylic acids is 1. The maximum atomic E-state index is 13.9. The lowest BCUT2D eigenvalue weighted by atomic mass is 9.51. The third kappa shape index (κ3) is 4.70. The summed E-state index contributed by atoms with van der Waals surface area (Å²) in [7, 11) is 0. The quantitative estimate of drug-likeness (QED) is 0.445. The van der Waals surface area contributed by atoms with E-state index in [0.717, 1.165) is 57.1 Å². The van der Waals surface area contributed by atoms with Crippen LogP contribution in [0, 0.1) is 5.41 Å². The molecule has 4 nitrogen and oxygen atoms in total. The van der Waals surface area contributed by atoms with Crippen LogP contribution in [0.15, 0.2) is 66.5 Å². The van der Waals surface area contributed by atoms with Crippen molar-refractivity contribution < 1.29 is 18.7 Å². The molecule has 5 heteroatoms. The van der Waals surface area contributed by atoms with Crippen LogP contribution >= 0.6 is 0 Å². The highest BCUT2D eigenvalue weighted by Crippen LogP contribution is 2.58. The van der Waals surface area contributed by atoms with Gasteiger partial charge in [-0.05, 0) is 92.0 Å². The summed E-state index contributed by atoms with van der Waals surface area (Å²) in [6.45, 7) is 3.56. The molecule has 0 atom stereocenters. The van der Waals surface area contributed by atoms with Crippen LogP contribution in [0.1, 0.15) is 75.8 Å². The Morgan fingerprint density at radius 1 is 0.917 bits per heavy atom. The number of ether oxygens (including phenoxy) is 2. The molecule has 1 N–H and O–H groups in total. The van der Waals surface area contributed by atoms with Crippen molar-refractivity contribution in [2.45, 2.75) is 75.7 Å². The summed E-state index contributed by atoms with van der Waals surface area (Å²) in [5, 5.41) is 3.56. The number of benzene rings is 2. The number of amides is 1. The largest absolute Gasteiger partial charge is 0.489 e. The molecule has 3 aliphatic carbocycles. The summed E-state index contributed by atoms with van der Waals surface area (Å²) in [6, 6.07) is 18.8. The highest BCUT2D eigenvalue weighted by atomic mass is 19.1. The SMILES string of the molecule is CC/C(=C\F)COc1ccc(C23CCC(C(=O)NC4(c5ccccc5)CCOCC4)(CC2)CC3)cc1. The summed E-state index contributed by atoms with van der Waals surface area (Å²) in [5.41, 5.74) is 2.73. The van der Waals surface area contributed by atoms with Crippen molar-refractivity contribution >= 4 is 5.91 Å². The normalized spacial score (nSPS) is 27.4. The van der Waals surface area contributed by atoms with Gasteiger partial charge in [0.15, 0.2) is 0 Å². The van der Waals surface area contributed by atoms with E-state index in [9.17, 15) is 9.18 Å². The van der Waals surface area contributed by atoms with E-state index in [0.29, 0.717) is 31.5 Å². The molecule has 1 amide bonds. The fourth-order valence-electron chi connectivity index (χ4n) is 6.56. The summed E-state index contributed by atoms with van der Waals surface area (Å²) in [4.78, 5) is 13.9. The van der Waals surface area contributed by atoms with Crippen LogP contribution in [0.4, 0.5) is 4.39 Å². The van der Waals surface area contributed by atoms with Crippen LogP contribution in [0.5, 0.6) is 5.75 Å². The molecule has 1 saturated heterocycles. The van der Waals surface area contributed by atoms with Gasteiger partial charge in [0.25, 0.3) is 0 Å². The van der Waals surface area contributed by atoms with Gasteiger partial charge in [0.2, 0.25) is 5.91 Å². The van der Waals surface area contributed by atoms with Crippen LogP contribution in [0.25, 0.3) is 0 Å². The molecular weight excluding hydrogens is 453 g/mol. The zero-order valence-electron chi connectivity index (χ0n) is 21.4. The highest BCUT2D eigenvalue weighted by Gasteiger charge is 2.54. The van der Waals surface area contributed by atoms with E-state index in [1.165, 1.54) is 11.1 Å². The van der Waals surface area contributed by atoms with Gasteiger partial charge in [-0.25, -0.2) is 4.39 Å². The van der Waals surface area contributed by atoms with Gasteiger partial charge in [-0.2, -0.15) is 0 Å². The number of rotatable bonds is 8. The van der Waals surface area contributed by atoms with Crippen LogP contribution in [-0.2, 0) is 20.5 Å². The van der Waals surface area contributed by atoms with E-state index >= 15 is 0 Å². The Morgan fingerprint density at radius 3 is 2.14 bits per heavy atom. The third-order valence-corrected chi connectivity index (χ3v) is 9.25. The summed E-state index contributed by atoms with van der Waals surface area (Å²) in [5.74, 6) is 1.00. The van der Waals surface area contributed by atoms with Gasteiger partial charge in [-0.15, -0.1) is 0 Å². The van der Waals surface area contributed by atoms with Gasteiger partial charge in [0, 0.05) is 18.6 Å². The molecule has 2 bridgehead atoms. The van der Waals surface area contributed by atoms with Crippen molar-refractivity contribution in [3.8, 4) is 5.75 Å². The number of halogens is 1. The Morgan fingerprint density at radius 2 is 1.56 bits per heavy atom. The molecule has 0 aromatic heterocycles. The number of hydrogen-bond donors (Lipinski definition) is 1. The first-order valence-corrected chi connectivity index (χ1v) is 13.5. The first-order chi connectivity index (χ1) is 17.5. The Balaban J connectivity index is 1.26. The summed E-state index contributed by atoms with van der Waals surface area (Å²) >= 11 is 0. The van der Waals surface area contributed by atoms with Crippen molar-refractivity contribution in [3.63, 3.8) is 0 Å². The third-order valence-electron chi connectivity index (χ3n) is 9.25. The Kier molecular flexibility index (Phi) is 7.21. The second kappa shape index (κ2) is 10.4. The molecule has 2 aromatic rings. The monoisotopic (exact) mass is 491 g/mol. The lowest BCUT2D eigenvalue weighted by molar-refractivity contribution is -0.141. The van der Waals surface area contributed by atoms with Crippen LogP contribution in [-0.4, -0.2) is 25.7 Å². The highest BCUT2D eigenvalue weighted by molar-refractivity contribution is 5.84. The zero-order chi connectivity index (χ0) is 25.1. The minimum atomic E-state index is -0.331. The van der Waals surface area contributed by atoms with Gasteiger partial charge in [-0.1, -0.05) is 49.4 Å². The average molecular weight is 492 g/mol. The molecule has 0 radical (unpaired) electrons.